The van der Waals surface area contributed by atoms with Crippen LogP contribution >= 0.6 is 0 Å². The first-order chi connectivity index (χ1) is 6.83. The summed E-state index contributed by atoms with van der Waals surface area (Å²) < 4.78 is 4.73. The van der Waals surface area contributed by atoms with Crippen LogP contribution in [0.5, 0.6) is 0 Å². The Bertz CT molecular complexity index is 345. The van der Waals surface area contributed by atoms with Crippen molar-refractivity contribution in [3.8, 4) is 0 Å². The summed E-state index contributed by atoms with van der Waals surface area (Å²) in [6, 6.07) is 7.91. The standard InChI is InChI=1S/C11H13NO2/c1-14-11(13)9-5-3-2-4-8(9)10-6-7-12-10/h2-5,10,12H,6-7H2,1H3/t10-/m1/s1. The van der Waals surface area contributed by atoms with Gasteiger partial charge in [0.1, 0.15) is 0 Å². The van der Waals surface area contributed by atoms with E-state index in [1.54, 1.807) is 6.07 Å². The number of rotatable bonds is 2. The summed E-state index contributed by atoms with van der Waals surface area (Å²) >= 11 is 0. The van der Waals surface area contributed by atoms with Crippen molar-refractivity contribution in [2.75, 3.05) is 13.7 Å². The first-order valence-corrected chi connectivity index (χ1v) is 4.73. The summed E-state index contributed by atoms with van der Waals surface area (Å²) in [6.07, 6.45) is 1.09. The van der Waals surface area contributed by atoms with E-state index in [4.69, 9.17) is 4.74 Å². The van der Waals surface area contributed by atoms with E-state index in [0.717, 1.165) is 18.5 Å². The van der Waals surface area contributed by atoms with Gasteiger partial charge in [0.15, 0.2) is 0 Å². The summed E-state index contributed by atoms with van der Waals surface area (Å²) in [5, 5.41) is 3.27. The molecule has 0 radical (unpaired) electrons. The molecular formula is C11H13NO2. The Hall–Kier alpha value is -1.35. The predicted octanol–water partition coefficient (Wildman–Crippen LogP) is 1.51. The SMILES string of the molecule is COC(=O)c1ccccc1[C@H]1CCN1. The monoisotopic (exact) mass is 191 g/mol. The Balaban J connectivity index is 2.32. The first kappa shape index (κ1) is 9.21. The fraction of sp³-hybridized carbons (Fsp3) is 0.364. The van der Waals surface area contributed by atoms with Crippen molar-refractivity contribution >= 4 is 5.97 Å². The van der Waals surface area contributed by atoms with Crippen LogP contribution in [0.3, 0.4) is 0 Å². The maximum absolute atomic E-state index is 11.4. The Morgan fingerprint density at radius 2 is 2.21 bits per heavy atom. The van der Waals surface area contributed by atoms with E-state index in [2.05, 4.69) is 5.32 Å². The quantitative estimate of drug-likeness (QED) is 0.720. The molecule has 3 nitrogen and oxygen atoms in total. The highest BCUT2D eigenvalue weighted by Crippen LogP contribution is 2.26. The molecule has 0 bridgehead atoms. The minimum Gasteiger partial charge on any atom is -0.465 e. The van der Waals surface area contributed by atoms with E-state index in [1.807, 2.05) is 18.2 Å². The smallest absolute Gasteiger partial charge is 0.338 e. The molecule has 3 heteroatoms. The number of carbonyl (C=O) groups excluding carboxylic acids is 1. The van der Waals surface area contributed by atoms with E-state index in [-0.39, 0.29) is 5.97 Å². The van der Waals surface area contributed by atoms with Gasteiger partial charge in [-0.1, -0.05) is 18.2 Å². The van der Waals surface area contributed by atoms with E-state index >= 15 is 0 Å². The van der Waals surface area contributed by atoms with Gasteiger partial charge in [-0.15, -0.1) is 0 Å². The number of carbonyl (C=O) groups is 1. The number of esters is 1. The molecule has 2 rings (SSSR count). The van der Waals surface area contributed by atoms with Gasteiger partial charge in [0.2, 0.25) is 0 Å². The molecule has 1 atom stereocenters. The summed E-state index contributed by atoms with van der Waals surface area (Å²) in [5.41, 5.74) is 1.72. The van der Waals surface area contributed by atoms with Crippen LogP contribution in [-0.4, -0.2) is 19.6 Å². The Morgan fingerprint density at radius 1 is 1.50 bits per heavy atom. The number of nitrogens with one attached hydrogen (secondary N) is 1. The zero-order valence-corrected chi connectivity index (χ0v) is 8.12. The molecule has 1 aliphatic heterocycles. The van der Waals surface area contributed by atoms with Crippen molar-refractivity contribution in [2.24, 2.45) is 0 Å². The molecule has 74 valence electrons. The molecule has 0 aliphatic carbocycles. The van der Waals surface area contributed by atoms with Gasteiger partial charge >= 0.3 is 5.97 Å². The van der Waals surface area contributed by atoms with Gasteiger partial charge in [-0.25, -0.2) is 4.79 Å². The number of hydrogen-bond acceptors (Lipinski definition) is 3. The Morgan fingerprint density at radius 3 is 2.79 bits per heavy atom. The minimum atomic E-state index is -0.255. The molecule has 1 heterocycles. The van der Waals surface area contributed by atoms with Gasteiger partial charge in [-0.3, -0.25) is 0 Å². The van der Waals surface area contributed by atoms with Gasteiger partial charge in [-0.2, -0.15) is 0 Å². The average Bonchev–Trinajstić information content (AvgIpc) is 2.15. The van der Waals surface area contributed by atoms with Crippen LogP contribution in [0.1, 0.15) is 28.4 Å². The second-order valence-corrected chi connectivity index (χ2v) is 3.37. The molecule has 1 aromatic rings. The predicted molar refractivity (Wildman–Crippen MR) is 53.1 cm³/mol. The molecule has 0 amide bonds. The van der Waals surface area contributed by atoms with Crippen molar-refractivity contribution in [3.05, 3.63) is 35.4 Å². The second-order valence-electron chi connectivity index (χ2n) is 3.37. The van der Waals surface area contributed by atoms with E-state index < -0.39 is 0 Å². The van der Waals surface area contributed by atoms with Gasteiger partial charge < -0.3 is 10.1 Å². The topological polar surface area (TPSA) is 38.3 Å². The van der Waals surface area contributed by atoms with Crippen molar-refractivity contribution in [3.63, 3.8) is 0 Å². The van der Waals surface area contributed by atoms with Crippen molar-refractivity contribution < 1.29 is 9.53 Å². The largest absolute Gasteiger partial charge is 0.465 e. The Kier molecular flexibility index (Phi) is 2.50. The lowest BCUT2D eigenvalue weighted by Gasteiger charge is -2.29. The highest BCUT2D eigenvalue weighted by molar-refractivity contribution is 5.91. The van der Waals surface area contributed by atoms with Crippen LogP contribution in [0.25, 0.3) is 0 Å². The number of methoxy groups -OCH3 is 1. The summed E-state index contributed by atoms with van der Waals surface area (Å²) in [4.78, 5) is 11.4. The normalized spacial score (nSPS) is 19.9. The number of ether oxygens (including phenoxy) is 1. The van der Waals surface area contributed by atoms with Crippen LogP contribution in [0.15, 0.2) is 24.3 Å². The molecule has 0 aromatic heterocycles. The van der Waals surface area contributed by atoms with Gasteiger partial charge in [0.05, 0.1) is 12.7 Å². The third-order valence-corrected chi connectivity index (χ3v) is 2.57. The maximum Gasteiger partial charge on any atom is 0.338 e. The molecule has 1 saturated heterocycles. The fourth-order valence-electron chi connectivity index (χ4n) is 1.65. The molecular weight excluding hydrogens is 178 g/mol. The number of benzene rings is 1. The van der Waals surface area contributed by atoms with Crippen molar-refractivity contribution in [1.29, 1.82) is 0 Å². The highest BCUT2D eigenvalue weighted by atomic mass is 16.5. The van der Waals surface area contributed by atoms with Crippen LogP contribution in [-0.2, 0) is 4.74 Å². The summed E-state index contributed by atoms with van der Waals surface area (Å²) in [7, 11) is 1.41. The van der Waals surface area contributed by atoms with Crippen LogP contribution in [0, 0.1) is 0 Å². The first-order valence-electron chi connectivity index (χ1n) is 4.73. The third-order valence-electron chi connectivity index (χ3n) is 2.57. The van der Waals surface area contributed by atoms with Crippen molar-refractivity contribution in [2.45, 2.75) is 12.5 Å². The second kappa shape index (κ2) is 3.80. The van der Waals surface area contributed by atoms with Gasteiger partial charge in [0.25, 0.3) is 0 Å². The molecule has 0 unspecified atom stereocenters. The molecule has 1 fully saturated rings. The minimum absolute atomic E-state index is 0.255. The van der Waals surface area contributed by atoms with Crippen molar-refractivity contribution in [1.82, 2.24) is 5.32 Å². The molecule has 0 saturated carbocycles. The van der Waals surface area contributed by atoms with E-state index in [1.165, 1.54) is 7.11 Å². The third kappa shape index (κ3) is 1.51. The molecule has 1 aromatic carbocycles. The van der Waals surface area contributed by atoms with Crippen LogP contribution in [0.4, 0.5) is 0 Å². The zero-order valence-electron chi connectivity index (χ0n) is 8.12. The summed E-state index contributed by atoms with van der Waals surface area (Å²) in [6.45, 7) is 1.03. The zero-order chi connectivity index (χ0) is 9.97. The van der Waals surface area contributed by atoms with E-state index in [0.29, 0.717) is 11.6 Å². The number of hydrogen-bond donors (Lipinski definition) is 1. The van der Waals surface area contributed by atoms with Gasteiger partial charge in [-0.05, 0) is 24.6 Å². The molecule has 1 aliphatic rings. The average molecular weight is 191 g/mol. The summed E-state index contributed by atoms with van der Waals surface area (Å²) in [5.74, 6) is -0.255. The lowest BCUT2D eigenvalue weighted by molar-refractivity contribution is 0.0598. The van der Waals surface area contributed by atoms with Gasteiger partial charge in [0, 0.05) is 6.04 Å². The molecule has 1 N–H and O–H groups in total. The molecule has 14 heavy (non-hydrogen) atoms. The van der Waals surface area contributed by atoms with Crippen LogP contribution < -0.4 is 5.32 Å². The fourth-order valence-corrected chi connectivity index (χ4v) is 1.65. The lowest BCUT2D eigenvalue weighted by atomic mass is 9.93. The lowest BCUT2D eigenvalue weighted by Crippen LogP contribution is -2.36. The van der Waals surface area contributed by atoms with Crippen LogP contribution in [0.2, 0.25) is 0 Å². The maximum atomic E-state index is 11.4. The molecule has 0 spiro atoms. The highest BCUT2D eigenvalue weighted by Gasteiger charge is 2.23. The Labute approximate surface area is 83.1 Å². The van der Waals surface area contributed by atoms with E-state index in [9.17, 15) is 4.79 Å².